The molecule has 1 aromatic heterocycles. The van der Waals surface area contributed by atoms with Crippen LogP contribution in [0.3, 0.4) is 0 Å². The number of nitrogens with one attached hydrogen (secondary N) is 1. The second-order valence-corrected chi connectivity index (χ2v) is 7.84. The van der Waals surface area contributed by atoms with Gasteiger partial charge in [-0.05, 0) is 65.9 Å². The van der Waals surface area contributed by atoms with Gasteiger partial charge in [0.2, 0.25) is 0 Å². The van der Waals surface area contributed by atoms with Crippen molar-refractivity contribution in [3.8, 4) is 0 Å². The molecule has 1 aliphatic heterocycles. The van der Waals surface area contributed by atoms with Crippen LogP contribution in [0.2, 0.25) is 0 Å². The van der Waals surface area contributed by atoms with E-state index < -0.39 is 0 Å². The second-order valence-electron chi connectivity index (χ2n) is 7.84. The number of carbonyl (C=O) groups is 1. The Morgan fingerprint density at radius 3 is 2.87 bits per heavy atom. The summed E-state index contributed by atoms with van der Waals surface area (Å²) in [5, 5.41) is 14.8. The first kappa shape index (κ1) is 19.1. The molecule has 0 fully saturated rings. The molecule has 3 aromatic rings. The smallest absolute Gasteiger partial charge is 0.269 e. The highest BCUT2D eigenvalue weighted by atomic mass is 16.6. The summed E-state index contributed by atoms with van der Waals surface area (Å²) in [6.45, 7) is 0. The summed E-state index contributed by atoms with van der Waals surface area (Å²) in [6, 6.07) is 16.1. The Kier molecular flexibility index (Phi) is 4.75. The quantitative estimate of drug-likeness (QED) is 0.185. The van der Waals surface area contributed by atoms with Gasteiger partial charge in [0.1, 0.15) is 5.76 Å². The molecule has 0 amide bonds. The maximum absolute atomic E-state index is 12.7. The minimum absolute atomic E-state index is 0.0344. The van der Waals surface area contributed by atoms with E-state index in [1.807, 2.05) is 24.3 Å². The zero-order chi connectivity index (χ0) is 21.4. The predicted octanol–water partition coefficient (Wildman–Crippen LogP) is 5.91. The zero-order valence-corrected chi connectivity index (χ0v) is 16.6. The first-order chi connectivity index (χ1) is 15.1. The number of benzene rings is 2. The van der Waals surface area contributed by atoms with E-state index >= 15 is 0 Å². The third kappa shape index (κ3) is 3.57. The van der Waals surface area contributed by atoms with Gasteiger partial charge in [-0.1, -0.05) is 24.3 Å². The fourth-order valence-corrected chi connectivity index (χ4v) is 4.55. The number of hydrogen-bond donors (Lipinski definition) is 1. The molecule has 3 atom stereocenters. The van der Waals surface area contributed by atoms with Gasteiger partial charge in [0.05, 0.1) is 17.2 Å². The number of hydrogen-bond acceptors (Lipinski definition) is 5. The number of carbonyl (C=O) groups excluding carboxylic acids is 1. The number of nitro groups is 1. The standard InChI is InChI=1S/C25H20N2O4/c28-24(12-10-19-6-3-13-31-19)16-9-11-23-22(15-16)20-7-2-8-21(20)25(26-23)17-4-1-5-18(14-17)27(29)30/h1-7,9-15,20-21,25-26H,8H2/b12-10+/t20-,21+,25+/m0/s1. The Labute approximate surface area is 179 Å². The lowest BCUT2D eigenvalue weighted by molar-refractivity contribution is -0.384. The molecule has 2 heterocycles. The van der Waals surface area contributed by atoms with E-state index in [2.05, 4.69) is 17.5 Å². The fraction of sp³-hybridized carbons (Fsp3) is 0.160. The first-order valence-corrected chi connectivity index (χ1v) is 10.2. The average molecular weight is 412 g/mol. The minimum Gasteiger partial charge on any atom is -0.465 e. The van der Waals surface area contributed by atoms with Gasteiger partial charge in [-0.2, -0.15) is 0 Å². The Morgan fingerprint density at radius 2 is 2.06 bits per heavy atom. The lowest BCUT2D eigenvalue weighted by Gasteiger charge is -2.37. The summed E-state index contributed by atoms with van der Waals surface area (Å²) in [6.07, 6.45) is 9.96. The Hall–Kier alpha value is -3.93. The van der Waals surface area contributed by atoms with Crippen molar-refractivity contribution in [3.05, 3.63) is 112 Å². The molecule has 0 unspecified atom stereocenters. The van der Waals surface area contributed by atoms with Crippen LogP contribution in [0.5, 0.6) is 0 Å². The lowest BCUT2D eigenvalue weighted by Crippen LogP contribution is -2.29. The minimum atomic E-state index is -0.362. The van der Waals surface area contributed by atoms with E-state index in [0.717, 1.165) is 23.2 Å². The SMILES string of the molecule is O=C(/C=C/c1ccco1)c1ccc2c(c1)[C@H]1C=CC[C@H]1[C@@H](c1cccc([N+](=O)[O-])c1)N2. The van der Waals surface area contributed by atoms with Crippen molar-refractivity contribution in [1.82, 2.24) is 0 Å². The van der Waals surface area contributed by atoms with Crippen LogP contribution in [0, 0.1) is 16.0 Å². The maximum Gasteiger partial charge on any atom is 0.269 e. The molecule has 1 N–H and O–H groups in total. The molecular weight excluding hydrogens is 392 g/mol. The number of fused-ring (bicyclic) bond motifs is 3. The molecule has 0 saturated carbocycles. The predicted molar refractivity (Wildman–Crippen MR) is 118 cm³/mol. The Bertz CT molecular complexity index is 1210. The molecule has 0 radical (unpaired) electrons. The summed E-state index contributed by atoms with van der Waals surface area (Å²) >= 11 is 0. The van der Waals surface area contributed by atoms with Gasteiger partial charge in [-0.15, -0.1) is 0 Å². The third-order valence-corrected chi connectivity index (χ3v) is 6.03. The average Bonchev–Trinajstić information content (AvgIpc) is 3.49. The van der Waals surface area contributed by atoms with Crippen LogP contribution in [-0.4, -0.2) is 10.7 Å². The van der Waals surface area contributed by atoms with Gasteiger partial charge in [0, 0.05) is 29.3 Å². The van der Waals surface area contributed by atoms with Gasteiger partial charge in [-0.3, -0.25) is 14.9 Å². The van der Waals surface area contributed by atoms with Crippen LogP contribution in [0.15, 0.2) is 83.5 Å². The van der Waals surface area contributed by atoms with Crippen LogP contribution < -0.4 is 5.32 Å². The van der Waals surface area contributed by atoms with Crippen molar-refractivity contribution in [1.29, 1.82) is 0 Å². The van der Waals surface area contributed by atoms with Gasteiger partial charge >= 0.3 is 0 Å². The molecule has 31 heavy (non-hydrogen) atoms. The van der Waals surface area contributed by atoms with Crippen LogP contribution in [0.1, 0.15) is 45.6 Å². The van der Waals surface area contributed by atoms with Crippen molar-refractivity contribution < 1.29 is 14.1 Å². The van der Waals surface area contributed by atoms with Crippen molar-refractivity contribution in [2.75, 3.05) is 5.32 Å². The number of rotatable bonds is 5. The molecular formula is C25H20N2O4. The fourth-order valence-electron chi connectivity index (χ4n) is 4.55. The molecule has 2 aliphatic rings. The highest BCUT2D eigenvalue weighted by Gasteiger charge is 2.38. The lowest BCUT2D eigenvalue weighted by atomic mass is 9.76. The second kappa shape index (κ2) is 7.72. The largest absolute Gasteiger partial charge is 0.465 e. The van der Waals surface area contributed by atoms with E-state index in [1.165, 1.54) is 12.1 Å². The number of ketones is 1. The molecule has 0 spiro atoms. The number of nitro benzene ring substituents is 1. The third-order valence-electron chi connectivity index (χ3n) is 6.03. The van der Waals surface area contributed by atoms with Crippen LogP contribution >= 0.6 is 0 Å². The number of anilines is 1. The molecule has 0 saturated heterocycles. The van der Waals surface area contributed by atoms with E-state index in [4.69, 9.17) is 4.42 Å². The number of furan rings is 1. The molecule has 6 nitrogen and oxygen atoms in total. The summed E-state index contributed by atoms with van der Waals surface area (Å²) in [7, 11) is 0. The Morgan fingerprint density at radius 1 is 1.16 bits per heavy atom. The van der Waals surface area contributed by atoms with Crippen LogP contribution in [-0.2, 0) is 0 Å². The molecule has 0 bridgehead atoms. The highest BCUT2D eigenvalue weighted by Crippen LogP contribution is 2.50. The zero-order valence-electron chi connectivity index (χ0n) is 16.6. The molecule has 5 rings (SSSR count). The van der Waals surface area contributed by atoms with E-state index in [9.17, 15) is 14.9 Å². The van der Waals surface area contributed by atoms with Crippen molar-refractivity contribution in [2.45, 2.75) is 18.4 Å². The van der Waals surface area contributed by atoms with Crippen molar-refractivity contribution in [2.24, 2.45) is 5.92 Å². The number of non-ortho nitro benzene ring substituents is 1. The topological polar surface area (TPSA) is 85.4 Å². The van der Waals surface area contributed by atoms with E-state index in [1.54, 1.807) is 36.6 Å². The van der Waals surface area contributed by atoms with Gasteiger partial charge in [0.25, 0.3) is 5.69 Å². The first-order valence-electron chi connectivity index (χ1n) is 10.2. The normalized spacial score (nSPS) is 21.5. The molecule has 1 aliphatic carbocycles. The summed E-state index contributed by atoms with van der Waals surface area (Å²) in [5.41, 5.74) is 3.65. The van der Waals surface area contributed by atoms with Gasteiger partial charge in [0.15, 0.2) is 5.78 Å². The number of nitrogens with zero attached hydrogens (tertiary/aromatic N) is 1. The molecule has 6 heteroatoms. The highest BCUT2D eigenvalue weighted by molar-refractivity contribution is 6.07. The number of allylic oxidation sites excluding steroid dienone is 3. The van der Waals surface area contributed by atoms with Crippen LogP contribution in [0.4, 0.5) is 11.4 Å². The monoisotopic (exact) mass is 412 g/mol. The van der Waals surface area contributed by atoms with E-state index in [0.29, 0.717) is 11.3 Å². The van der Waals surface area contributed by atoms with Gasteiger partial charge in [-0.25, -0.2) is 0 Å². The van der Waals surface area contributed by atoms with Gasteiger partial charge < -0.3 is 9.73 Å². The molecule has 2 aromatic carbocycles. The van der Waals surface area contributed by atoms with Crippen LogP contribution in [0.25, 0.3) is 6.08 Å². The Balaban J connectivity index is 1.46. The van der Waals surface area contributed by atoms with Crippen molar-refractivity contribution in [3.63, 3.8) is 0 Å². The summed E-state index contributed by atoms with van der Waals surface area (Å²) < 4.78 is 5.24. The summed E-state index contributed by atoms with van der Waals surface area (Å²) in [5.74, 6) is 0.936. The molecule has 154 valence electrons. The van der Waals surface area contributed by atoms with E-state index in [-0.39, 0.29) is 34.3 Å². The summed E-state index contributed by atoms with van der Waals surface area (Å²) in [4.78, 5) is 23.5. The maximum atomic E-state index is 12.7. The van der Waals surface area contributed by atoms with Crippen molar-refractivity contribution >= 4 is 23.2 Å².